The van der Waals surface area contributed by atoms with E-state index in [4.69, 9.17) is 8.83 Å². The Morgan fingerprint density at radius 1 is 0.274 bits per heavy atom. The molecule has 0 amide bonds. The van der Waals surface area contributed by atoms with Gasteiger partial charge < -0.3 is 18.6 Å². The molecule has 302 valence electrons. The number of aryl methyl sites for hydroxylation is 8. The largest absolute Gasteiger partial charge is 0.455 e. The quantitative estimate of drug-likeness (QED) is 0.168. The highest BCUT2D eigenvalue weighted by molar-refractivity contribution is 6.27. The van der Waals surface area contributed by atoms with Crippen molar-refractivity contribution < 1.29 is 8.83 Å². The molecule has 0 atom stereocenters. The van der Waals surface area contributed by atoms with Crippen molar-refractivity contribution in [3.63, 3.8) is 0 Å². The lowest BCUT2D eigenvalue weighted by molar-refractivity contribution is 0.666. The van der Waals surface area contributed by atoms with Crippen molar-refractivity contribution in [2.24, 2.45) is 0 Å². The third-order valence-corrected chi connectivity index (χ3v) is 12.4. The normalized spacial score (nSPS) is 11.9. The molecule has 0 spiro atoms. The third-order valence-electron chi connectivity index (χ3n) is 12.4. The lowest BCUT2D eigenvalue weighted by Gasteiger charge is -2.27. The molecule has 2 heterocycles. The zero-order chi connectivity index (χ0) is 42.6. The third kappa shape index (κ3) is 6.29. The van der Waals surface area contributed by atoms with Gasteiger partial charge in [-0.05, 0) is 220 Å². The van der Waals surface area contributed by atoms with E-state index < -0.39 is 0 Å². The predicted molar refractivity (Wildman–Crippen MR) is 263 cm³/mol. The molecule has 0 saturated carbocycles. The van der Waals surface area contributed by atoms with Crippen LogP contribution in [0.15, 0.2) is 154 Å². The molecule has 0 unspecified atom stereocenters. The zero-order valence-electron chi connectivity index (χ0n) is 36.6. The number of rotatable bonds is 6. The Morgan fingerprint density at radius 3 is 1.03 bits per heavy atom. The maximum Gasteiger partial charge on any atom is 0.147 e. The van der Waals surface area contributed by atoms with E-state index in [-0.39, 0.29) is 0 Å². The second kappa shape index (κ2) is 14.1. The molecule has 0 radical (unpaired) electrons. The van der Waals surface area contributed by atoms with Gasteiger partial charge in [0.2, 0.25) is 0 Å². The van der Waals surface area contributed by atoms with E-state index in [9.17, 15) is 0 Å². The van der Waals surface area contributed by atoms with Gasteiger partial charge in [0.05, 0.1) is 5.39 Å². The van der Waals surface area contributed by atoms with Gasteiger partial charge in [-0.2, -0.15) is 0 Å². The van der Waals surface area contributed by atoms with Gasteiger partial charge >= 0.3 is 0 Å². The number of nitrogens with zero attached hydrogens (tertiary/aromatic N) is 2. The van der Waals surface area contributed by atoms with Crippen LogP contribution in [-0.2, 0) is 0 Å². The van der Waals surface area contributed by atoms with Gasteiger partial charge in [-0.1, -0.05) is 36.4 Å². The number of anilines is 6. The van der Waals surface area contributed by atoms with Crippen LogP contribution >= 0.6 is 0 Å². The lowest BCUT2D eigenvalue weighted by Crippen LogP contribution is -2.11. The minimum absolute atomic E-state index is 0.819. The molecule has 0 fully saturated rings. The molecule has 0 aliphatic heterocycles. The van der Waals surface area contributed by atoms with Crippen LogP contribution in [0.4, 0.5) is 34.1 Å². The molecule has 0 saturated heterocycles. The van der Waals surface area contributed by atoms with E-state index in [0.717, 1.165) is 99.5 Å². The number of benzene rings is 9. The van der Waals surface area contributed by atoms with Crippen LogP contribution in [0.2, 0.25) is 0 Å². The Hall–Kier alpha value is -7.30. The second-order valence-corrected chi connectivity index (χ2v) is 17.8. The van der Waals surface area contributed by atoms with E-state index >= 15 is 0 Å². The molecule has 9 aromatic carbocycles. The van der Waals surface area contributed by atoms with E-state index in [2.05, 4.69) is 211 Å². The molecule has 0 bridgehead atoms. The molecular weight excluding hydrogens is 757 g/mol. The van der Waals surface area contributed by atoms with Crippen LogP contribution in [0.25, 0.3) is 65.4 Å². The summed E-state index contributed by atoms with van der Waals surface area (Å²) in [7, 11) is 0. The van der Waals surface area contributed by atoms with Gasteiger partial charge in [-0.3, -0.25) is 0 Å². The van der Waals surface area contributed by atoms with Gasteiger partial charge in [0, 0.05) is 61.1 Å². The van der Waals surface area contributed by atoms with E-state index in [1.54, 1.807) is 0 Å². The Bertz CT molecular complexity index is 3460. The maximum atomic E-state index is 7.00. The maximum absolute atomic E-state index is 7.00. The summed E-state index contributed by atoms with van der Waals surface area (Å²) in [6, 6.07) is 53.7. The summed E-state index contributed by atoms with van der Waals surface area (Å²) in [4.78, 5) is 4.75. The van der Waals surface area contributed by atoms with Crippen molar-refractivity contribution in [3.8, 4) is 0 Å². The number of furan rings is 2. The zero-order valence-corrected chi connectivity index (χ0v) is 36.6. The van der Waals surface area contributed by atoms with Gasteiger partial charge in [-0.25, -0.2) is 0 Å². The van der Waals surface area contributed by atoms with Gasteiger partial charge in [0.15, 0.2) is 0 Å². The number of hydrogen-bond acceptors (Lipinski definition) is 4. The Labute approximate surface area is 362 Å². The molecule has 4 nitrogen and oxygen atoms in total. The Morgan fingerprint density at radius 2 is 0.613 bits per heavy atom. The summed E-state index contributed by atoms with van der Waals surface area (Å²) >= 11 is 0. The van der Waals surface area contributed by atoms with Crippen molar-refractivity contribution in [2.75, 3.05) is 9.80 Å². The van der Waals surface area contributed by atoms with Crippen molar-refractivity contribution in [1.82, 2.24) is 0 Å². The number of fused-ring (bicyclic) bond motifs is 11. The summed E-state index contributed by atoms with van der Waals surface area (Å²) < 4.78 is 13.8. The van der Waals surface area contributed by atoms with Gasteiger partial charge in [0.1, 0.15) is 22.3 Å². The summed E-state index contributed by atoms with van der Waals surface area (Å²) in [5.41, 5.74) is 20.1. The number of hydrogen-bond donors (Lipinski definition) is 0. The summed E-state index contributed by atoms with van der Waals surface area (Å²) in [5, 5.41) is 8.63. The van der Waals surface area contributed by atoms with Crippen LogP contribution in [0.1, 0.15) is 44.5 Å². The first-order valence-electron chi connectivity index (χ1n) is 21.5. The first kappa shape index (κ1) is 37.7. The average molecular weight is 805 g/mol. The van der Waals surface area contributed by atoms with Crippen LogP contribution in [-0.4, -0.2) is 0 Å². The molecule has 0 aliphatic carbocycles. The second-order valence-electron chi connectivity index (χ2n) is 17.8. The molecule has 0 aliphatic rings. The predicted octanol–water partition coefficient (Wildman–Crippen LogP) is 17.2. The Kier molecular flexibility index (Phi) is 8.59. The molecule has 4 heteroatoms. The summed E-state index contributed by atoms with van der Waals surface area (Å²) in [5.74, 6) is 0. The molecule has 0 N–H and O–H groups in total. The first-order valence-corrected chi connectivity index (χ1v) is 21.5. The highest BCUT2D eigenvalue weighted by Gasteiger charge is 2.22. The summed E-state index contributed by atoms with van der Waals surface area (Å²) in [6.45, 7) is 17.3. The fourth-order valence-electron chi connectivity index (χ4n) is 10.1. The molecular formula is C58H48N2O2. The molecule has 11 aromatic rings. The van der Waals surface area contributed by atoms with Crippen molar-refractivity contribution >= 4 is 99.5 Å². The fourth-order valence-corrected chi connectivity index (χ4v) is 10.1. The van der Waals surface area contributed by atoms with Gasteiger partial charge in [0.25, 0.3) is 0 Å². The van der Waals surface area contributed by atoms with E-state index in [0.29, 0.717) is 0 Å². The topological polar surface area (TPSA) is 32.8 Å². The standard InChI is InChI=1S/C58H48N2O2/c1-33-19-34(2)24-45(23-33)59(46-25-35(3)20-36(4)26-46)43-11-15-49-41(31-43)9-13-51-52-17-18-54-55(58(52)62-56(49)51)53-14-10-42-32-44(12-16-50(42)57(53)61-54)60(47-27-37(5)21-38(6)28-47)48-29-39(7)22-40(8)30-48/h9-32H,1-8H3. The van der Waals surface area contributed by atoms with E-state index in [1.807, 2.05) is 0 Å². The summed E-state index contributed by atoms with van der Waals surface area (Å²) in [6.07, 6.45) is 0. The van der Waals surface area contributed by atoms with E-state index in [1.165, 1.54) is 44.5 Å². The highest BCUT2D eigenvalue weighted by Crippen LogP contribution is 2.45. The minimum Gasteiger partial charge on any atom is -0.455 e. The molecule has 2 aromatic heterocycles. The van der Waals surface area contributed by atoms with Crippen LogP contribution < -0.4 is 9.80 Å². The van der Waals surface area contributed by atoms with Crippen molar-refractivity contribution in [3.05, 3.63) is 190 Å². The average Bonchev–Trinajstić information content (AvgIpc) is 3.78. The highest BCUT2D eigenvalue weighted by atomic mass is 16.3. The Balaban J connectivity index is 1.05. The molecule has 11 rings (SSSR count). The molecule has 62 heavy (non-hydrogen) atoms. The smallest absolute Gasteiger partial charge is 0.147 e. The van der Waals surface area contributed by atoms with Gasteiger partial charge in [-0.15, -0.1) is 0 Å². The van der Waals surface area contributed by atoms with Crippen LogP contribution in [0.5, 0.6) is 0 Å². The monoisotopic (exact) mass is 804 g/mol. The fraction of sp³-hybridized carbons (Fsp3) is 0.138. The lowest BCUT2D eigenvalue weighted by atomic mass is 10.0. The first-order chi connectivity index (χ1) is 29.9. The van der Waals surface area contributed by atoms with Crippen LogP contribution in [0, 0.1) is 55.4 Å². The van der Waals surface area contributed by atoms with Crippen molar-refractivity contribution in [1.29, 1.82) is 0 Å². The SMILES string of the molecule is Cc1cc(C)cc(N(c2cc(C)cc(C)c2)c2ccc3c(ccc4c5ccc6oc7c8ccc(N(c9cc(C)cc(C)c9)c9cc(C)cc(C)c9)cc8ccc7c6c5oc34)c2)c1. The van der Waals surface area contributed by atoms with Crippen LogP contribution in [0.3, 0.4) is 0 Å². The van der Waals surface area contributed by atoms with Crippen molar-refractivity contribution in [2.45, 2.75) is 55.4 Å². The minimum atomic E-state index is 0.819.